The molecule has 0 saturated carbocycles. The van der Waals surface area contributed by atoms with Crippen LogP contribution in [0.25, 0.3) is 0 Å². The van der Waals surface area contributed by atoms with Crippen molar-refractivity contribution in [2.24, 2.45) is 0 Å². The fourth-order valence-electron chi connectivity index (χ4n) is 7.24. The van der Waals surface area contributed by atoms with Gasteiger partial charge in [-0.2, -0.15) is 13.2 Å². The van der Waals surface area contributed by atoms with E-state index in [1.165, 1.54) is 12.1 Å². The first-order chi connectivity index (χ1) is 24.2. The molecule has 3 saturated heterocycles. The molecule has 50 heavy (non-hydrogen) atoms. The Balaban J connectivity index is 1.10. The highest BCUT2D eigenvalue weighted by molar-refractivity contribution is 6.00. The van der Waals surface area contributed by atoms with Crippen LogP contribution in [0.3, 0.4) is 0 Å². The van der Waals surface area contributed by atoms with E-state index in [0.29, 0.717) is 62.8 Å². The normalized spacial score (nSPS) is 25.9. The van der Waals surface area contributed by atoms with E-state index < -0.39 is 23.9 Å². The van der Waals surface area contributed by atoms with E-state index in [1.54, 1.807) is 23.1 Å². The molecule has 2 aromatic carbocycles. The van der Waals surface area contributed by atoms with Crippen molar-refractivity contribution >= 4 is 11.8 Å². The Morgan fingerprint density at radius 2 is 1.68 bits per heavy atom. The summed E-state index contributed by atoms with van der Waals surface area (Å²) < 4.78 is 59.5. The zero-order valence-corrected chi connectivity index (χ0v) is 27.8. The van der Waals surface area contributed by atoms with Gasteiger partial charge in [-0.05, 0) is 42.7 Å². The number of carbonyl (C=O) groups is 2. The quantitative estimate of drug-likeness (QED) is 0.430. The largest absolute Gasteiger partial charge is 0.493 e. The van der Waals surface area contributed by atoms with Crippen LogP contribution < -0.4 is 10.1 Å². The molecule has 3 fully saturated rings. The number of benzene rings is 2. The first-order valence-corrected chi connectivity index (χ1v) is 17.3. The van der Waals surface area contributed by atoms with Gasteiger partial charge in [-0.3, -0.25) is 19.4 Å². The Labute approximate surface area is 288 Å². The van der Waals surface area contributed by atoms with Gasteiger partial charge in [0.1, 0.15) is 11.8 Å². The van der Waals surface area contributed by atoms with Crippen molar-refractivity contribution in [3.05, 3.63) is 77.1 Å². The Morgan fingerprint density at radius 1 is 0.880 bits per heavy atom. The number of amides is 2. The fraction of sp³-hybridized carbons (Fsp3) is 0.543. The number of para-hydroxylation sites is 1. The number of carbonyl (C=O) groups excluding carboxylic acids is 2. The van der Waals surface area contributed by atoms with Crippen molar-refractivity contribution in [3.8, 4) is 5.75 Å². The number of ether oxygens (including phenoxy) is 3. The van der Waals surface area contributed by atoms with Crippen LogP contribution in [0.2, 0.25) is 0 Å². The van der Waals surface area contributed by atoms with Crippen LogP contribution >= 0.6 is 0 Å². The molecule has 0 spiro atoms. The number of rotatable bonds is 5. The van der Waals surface area contributed by atoms with Crippen LogP contribution in [0.5, 0.6) is 5.75 Å². The fourth-order valence-corrected chi connectivity index (χ4v) is 7.24. The molecule has 4 aliphatic rings. The van der Waals surface area contributed by atoms with Gasteiger partial charge in [-0.15, -0.1) is 5.10 Å². The summed E-state index contributed by atoms with van der Waals surface area (Å²) in [6, 6.07) is 11.1. The molecule has 2 amide bonds. The summed E-state index contributed by atoms with van der Waals surface area (Å²) >= 11 is 0. The van der Waals surface area contributed by atoms with Crippen molar-refractivity contribution in [3.63, 3.8) is 0 Å². The highest BCUT2D eigenvalue weighted by atomic mass is 19.4. The van der Waals surface area contributed by atoms with Gasteiger partial charge in [-0.25, -0.2) is 4.68 Å². The second-order valence-corrected chi connectivity index (χ2v) is 13.3. The first-order valence-electron chi connectivity index (χ1n) is 17.3. The van der Waals surface area contributed by atoms with Crippen LogP contribution in [-0.2, 0) is 33.5 Å². The average Bonchev–Trinajstić information content (AvgIpc) is 3.58. The molecule has 268 valence electrons. The third kappa shape index (κ3) is 7.96. The minimum absolute atomic E-state index is 0.110. The number of piperazine rings is 1. The molecule has 0 unspecified atom stereocenters. The minimum atomic E-state index is -4.42. The summed E-state index contributed by atoms with van der Waals surface area (Å²) in [6.45, 7) is 5.52. The highest BCUT2D eigenvalue weighted by Gasteiger charge is 2.39. The predicted molar refractivity (Wildman–Crippen MR) is 174 cm³/mol. The molecule has 0 aliphatic carbocycles. The molecular weight excluding hydrogens is 655 g/mol. The number of aromatic nitrogens is 3. The maximum atomic E-state index is 14.1. The molecule has 4 aliphatic heterocycles. The number of nitrogens with zero attached hydrogens (tertiary/aromatic N) is 6. The second kappa shape index (κ2) is 15.1. The molecule has 1 aromatic heterocycles. The number of nitrogens with one attached hydrogen (secondary N) is 1. The van der Waals surface area contributed by atoms with E-state index in [1.807, 2.05) is 21.8 Å². The van der Waals surface area contributed by atoms with Gasteiger partial charge < -0.3 is 24.4 Å². The van der Waals surface area contributed by atoms with E-state index in [9.17, 15) is 22.8 Å². The van der Waals surface area contributed by atoms with Crippen LogP contribution in [0.4, 0.5) is 13.2 Å². The molecule has 1 N–H and O–H groups in total. The van der Waals surface area contributed by atoms with Crippen molar-refractivity contribution in [2.45, 2.75) is 62.8 Å². The van der Waals surface area contributed by atoms with E-state index in [-0.39, 0.29) is 43.6 Å². The highest BCUT2D eigenvalue weighted by Crippen LogP contribution is 2.32. The molecule has 0 radical (unpaired) electrons. The Bertz CT molecular complexity index is 1630. The van der Waals surface area contributed by atoms with Crippen molar-refractivity contribution in [2.75, 3.05) is 59.1 Å². The molecular formula is C35H42F3N7O5. The maximum Gasteiger partial charge on any atom is 0.416 e. The van der Waals surface area contributed by atoms with Crippen LogP contribution in [-0.4, -0.2) is 119 Å². The van der Waals surface area contributed by atoms with Gasteiger partial charge >= 0.3 is 6.18 Å². The van der Waals surface area contributed by atoms with Crippen molar-refractivity contribution in [1.29, 1.82) is 0 Å². The number of hydrogen-bond acceptors (Lipinski definition) is 9. The van der Waals surface area contributed by atoms with Crippen LogP contribution in [0.15, 0.2) is 54.7 Å². The smallest absolute Gasteiger partial charge is 0.416 e. The average molecular weight is 698 g/mol. The molecule has 12 nitrogen and oxygen atoms in total. The lowest BCUT2D eigenvalue weighted by Crippen LogP contribution is -2.61. The standard InChI is InChI=1S/C35H42F3N7O5/c36-35(37,38)25-7-5-24(6-8-25)20-43-12-13-44-30(23-43)33(46)39-19-32-29(45-22-26(40-41-45)21-42-14-17-48-18-15-42)10-9-27(50-32)11-16-49-31-4-2-1-3-28(31)34(44)47/h1-8,22,27,29-30,32H,9-21,23H2,(H,39,46)/t27-,29+,30-,32+/m0/s1. The topological polar surface area (TPSA) is 114 Å². The van der Waals surface area contributed by atoms with Gasteiger partial charge in [0.2, 0.25) is 5.91 Å². The Kier molecular flexibility index (Phi) is 10.4. The predicted octanol–water partition coefficient (Wildman–Crippen LogP) is 3.14. The monoisotopic (exact) mass is 697 g/mol. The molecule has 15 heteroatoms. The van der Waals surface area contributed by atoms with Gasteiger partial charge in [-0.1, -0.05) is 29.5 Å². The SMILES string of the molecule is O=C1NC[C@H]2O[C@H](CCOc3ccccc3C(=O)N3CCN(Cc4ccc(C(F)(F)F)cc4)C[C@@H]13)CC[C@H]2n1cc(CN2CCOCC2)nn1. The van der Waals surface area contributed by atoms with E-state index >= 15 is 0 Å². The maximum absolute atomic E-state index is 14.1. The lowest BCUT2D eigenvalue weighted by Gasteiger charge is -2.41. The van der Waals surface area contributed by atoms with Gasteiger partial charge in [0.15, 0.2) is 0 Å². The zero-order valence-electron chi connectivity index (χ0n) is 27.8. The van der Waals surface area contributed by atoms with Crippen molar-refractivity contribution < 1.29 is 37.0 Å². The first kappa shape index (κ1) is 34.4. The number of fused-ring (bicyclic) bond motifs is 4. The molecule has 5 heterocycles. The molecule has 2 bridgehead atoms. The summed E-state index contributed by atoms with van der Waals surface area (Å²) in [6.07, 6.45) is -0.816. The van der Waals surface area contributed by atoms with E-state index in [4.69, 9.17) is 14.2 Å². The van der Waals surface area contributed by atoms with E-state index in [0.717, 1.165) is 43.8 Å². The third-order valence-corrected chi connectivity index (χ3v) is 9.98. The Hall–Kier alpha value is -4.05. The summed E-state index contributed by atoms with van der Waals surface area (Å²) in [5.74, 6) is -0.194. The minimum Gasteiger partial charge on any atom is -0.493 e. The number of hydrogen-bond donors (Lipinski definition) is 1. The summed E-state index contributed by atoms with van der Waals surface area (Å²) in [5, 5.41) is 12.0. The van der Waals surface area contributed by atoms with Gasteiger partial charge in [0, 0.05) is 58.8 Å². The number of alkyl halides is 3. The zero-order chi connectivity index (χ0) is 34.7. The molecule has 4 atom stereocenters. The Morgan fingerprint density at radius 3 is 2.48 bits per heavy atom. The third-order valence-electron chi connectivity index (χ3n) is 9.98. The van der Waals surface area contributed by atoms with E-state index in [2.05, 4.69) is 20.5 Å². The number of morpholine rings is 1. The van der Waals surface area contributed by atoms with Crippen LogP contribution in [0.1, 0.15) is 52.5 Å². The van der Waals surface area contributed by atoms with Crippen molar-refractivity contribution in [1.82, 2.24) is 35.0 Å². The molecule has 3 aromatic rings. The van der Waals surface area contributed by atoms with Gasteiger partial charge in [0.25, 0.3) is 5.91 Å². The lowest BCUT2D eigenvalue weighted by molar-refractivity contribution is -0.137. The second-order valence-electron chi connectivity index (χ2n) is 13.3. The summed E-state index contributed by atoms with van der Waals surface area (Å²) in [4.78, 5) is 34.0. The lowest BCUT2D eigenvalue weighted by atomic mass is 9.96. The number of halogens is 3. The summed E-state index contributed by atoms with van der Waals surface area (Å²) in [5.41, 5.74) is 1.20. The van der Waals surface area contributed by atoms with Crippen LogP contribution in [0, 0.1) is 0 Å². The molecule has 7 rings (SSSR count). The van der Waals surface area contributed by atoms with Gasteiger partial charge in [0.05, 0.1) is 61.1 Å². The summed E-state index contributed by atoms with van der Waals surface area (Å²) in [7, 11) is 0.